The first-order valence-electron chi connectivity index (χ1n) is 9.35. The molecule has 2 atom stereocenters. The maximum atomic E-state index is 13.5. The Labute approximate surface area is 158 Å². The van der Waals surface area contributed by atoms with E-state index in [9.17, 15) is 9.59 Å². The van der Waals surface area contributed by atoms with Gasteiger partial charge in [-0.15, -0.1) is 0 Å². The second kappa shape index (κ2) is 6.20. The van der Waals surface area contributed by atoms with Gasteiger partial charge in [0.2, 0.25) is 0 Å². The monoisotopic (exact) mass is 353 g/mol. The average molecular weight is 353 g/mol. The number of amides is 1. The summed E-state index contributed by atoms with van der Waals surface area (Å²) in [6, 6.07) is 25.3. The number of hydrogen-bond acceptors (Lipinski definition) is 2. The van der Waals surface area contributed by atoms with Gasteiger partial charge >= 0.3 is 0 Å². The molecule has 132 valence electrons. The van der Waals surface area contributed by atoms with Gasteiger partial charge < -0.3 is 0 Å². The summed E-state index contributed by atoms with van der Waals surface area (Å²) in [7, 11) is 0. The van der Waals surface area contributed by atoms with E-state index in [4.69, 9.17) is 0 Å². The van der Waals surface area contributed by atoms with Crippen LogP contribution in [0.5, 0.6) is 0 Å². The highest BCUT2D eigenvalue weighted by Crippen LogP contribution is 2.54. The Hall–Kier alpha value is -3.20. The van der Waals surface area contributed by atoms with Crippen LogP contribution in [0.3, 0.4) is 0 Å². The number of carbonyl (C=O) groups excluding carboxylic acids is 2. The zero-order valence-electron chi connectivity index (χ0n) is 14.8. The first-order chi connectivity index (χ1) is 13.3. The summed E-state index contributed by atoms with van der Waals surface area (Å²) < 4.78 is 0. The Morgan fingerprint density at radius 1 is 0.852 bits per heavy atom. The maximum absolute atomic E-state index is 13.5. The van der Waals surface area contributed by atoms with E-state index in [0.717, 1.165) is 28.8 Å². The number of Topliss-reactive ketones (excluding diaryl/α,β-unsaturated/α-hetero) is 1. The van der Waals surface area contributed by atoms with Crippen molar-refractivity contribution in [2.45, 2.75) is 24.8 Å². The van der Waals surface area contributed by atoms with Crippen molar-refractivity contribution in [1.29, 1.82) is 0 Å². The molecule has 1 amide bonds. The van der Waals surface area contributed by atoms with E-state index in [1.165, 1.54) is 0 Å². The first-order valence-corrected chi connectivity index (χ1v) is 9.35. The number of nitrogens with zero attached hydrogens (tertiary/aromatic N) is 1. The van der Waals surface area contributed by atoms with E-state index < -0.39 is 0 Å². The summed E-state index contributed by atoms with van der Waals surface area (Å²) in [5, 5.41) is 0. The van der Waals surface area contributed by atoms with Gasteiger partial charge in [0.05, 0.1) is 6.04 Å². The van der Waals surface area contributed by atoms with Gasteiger partial charge in [0.1, 0.15) is 0 Å². The van der Waals surface area contributed by atoms with E-state index in [1.807, 2.05) is 71.6 Å². The highest BCUT2D eigenvalue weighted by Gasteiger charge is 2.46. The minimum absolute atomic E-state index is 0.0142. The predicted octanol–water partition coefficient (Wildman–Crippen LogP) is 5.15. The molecule has 0 N–H and O–H groups in total. The van der Waals surface area contributed by atoms with Crippen LogP contribution >= 0.6 is 0 Å². The lowest BCUT2D eigenvalue weighted by molar-refractivity contribution is 0.0965. The Bertz CT molecular complexity index is 1030. The van der Waals surface area contributed by atoms with Crippen LogP contribution in [0, 0.1) is 0 Å². The lowest BCUT2D eigenvalue weighted by Gasteiger charge is -2.30. The fourth-order valence-corrected chi connectivity index (χ4v) is 4.59. The van der Waals surface area contributed by atoms with Gasteiger partial charge in [-0.3, -0.25) is 14.5 Å². The third-order valence-corrected chi connectivity index (χ3v) is 5.74. The lowest BCUT2D eigenvalue weighted by atomic mass is 9.78. The number of carbonyl (C=O) groups is 2. The molecule has 0 saturated heterocycles. The van der Waals surface area contributed by atoms with Crippen molar-refractivity contribution in [3.63, 3.8) is 0 Å². The van der Waals surface area contributed by atoms with Crippen molar-refractivity contribution in [3.8, 4) is 0 Å². The van der Waals surface area contributed by atoms with E-state index >= 15 is 0 Å². The zero-order valence-corrected chi connectivity index (χ0v) is 14.8. The number of anilines is 1. The van der Waals surface area contributed by atoms with Crippen LogP contribution in [0.15, 0.2) is 78.9 Å². The summed E-state index contributed by atoms with van der Waals surface area (Å²) in [4.78, 5) is 27.9. The standard InChI is InChI=1S/C24H19NO2/c26-21-15-14-19-22-18(21)12-7-13-20(22)25(23(19)16-8-3-1-4-9-16)24(27)17-10-5-2-6-11-17/h1-13,19,23H,14-15H2. The van der Waals surface area contributed by atoms with Crippen LogP contribution < -0.4 is 4.90 Å². The SMILES string of the molecule is O=C1CCC2c3c1cccc3N(C(=O)c1ccccc1)C2c1ccccc1. The Kier molecular flexibility index (Phi) is 3.68. The van der Waals surface area contributed by atoms with Crippen LogP contribution in [0.2, 0.25) is 0 Å². The molecular formula is C24H19NO2. The summed E-state index contributed by atoms with van der Waals surface area (Å²) in [5.41, 5.74) is 4.50. The minimum atomic E-state index is -0.0804. The molecule has 0 aromatic heterocycles. The first kappa shape index (κ1) is 16.0. The smallest absolute Gasteiger partial charge is 0.258 e. The van der Waals surface area contributed by atoms with Gasteiger partial charge in [-0.05, 0) is 35.7 Å². The van der Waals surface area contributed by atoms with Gasteiger partial charge in [-0.2, -0.15) is 0 Å². The second-order valence-electron chi connectivity index (χ2n) is 7.20. The molecule has 1 aliphatic carbocycles. The van der Waals surface area contributed by atoms with Gasteiger partial charge in [0.25, 0.3) is 5.91 Å². The van der Waals surface area contributed by atoms with Crippen molar-refractivity contribution in [2.75, 3.05) is 4.90 Å². The Balaban J connectivity index is 1.72. The molecule has 0 bridgehead atoms. The van der Waals surface area contributed by atoms with E-state index in [1.54, 1.807) is 0 Å². The number of hydrogen-bond donors (Lipinski definition) is 0. The molecule has 0 radical (unpaired) electrons. The molecule has 3 heteroatoms. The molecule has 2 unspecified atom stereocenters. The van der Waals surface area contributed by atoms with Crippen molar-refractivity contribution in [2.24, 2.45) is 0 Å². The second-order valence-corrected chi connectivity index (χ2v) is 7.20. The van der Waals surface area contributed by atoms with Gasteiger partial charge in [0, 0.05) is 29.2 Å². The molecular weight excluding hydrogens is 334 g/mol. The molecule has 27 heavy (non-hydrogen) atoms. The zero-order chi connectivity index (χ0) is 18.4. The molecule has 3 nitrogen and oxygen atoms in total. The van der Waals surface area contributed by atoms with Gasteiger partial charge in [-0.25, -0.2) is 0 Å². The van der Waals surface area contributed by atoms with E-state index in [-0.39, 0.29) is 23.7 Å². The van der Waals surface area contributed by atoms with Gasteiger partial charge in [-0.1, -0.05) is 60.7 Å². The quantitative estimate of drug-likeness (QED) is 0.639. The van der Waals surface area contributed by atoms with Crippen LogP contribution in [-0.4, -0.2) is 11.7 Å². The van der Waals surface area contributed by atoms with Crippen LogP contribution in [-0.2, 0) is 0 Å². The van der Waals surface area contributed by atoms with Crippen molar-refractivity contribution in [3.05, 3.63) is 101 Å². The number of ketones is 1. The summed E-state index contributed by atoms with van der Waals surface area (Å²) >= 11 is 0. The molecule has 3 aromatic rings. The highest BCUT2D eigenvalue weighted by atomic mass is 16.2. The molecule has 5 rings (SSSR count). The highest BCUT2D eigenvalue weighted by molar-refractivity contribution is 6.10. The fraction of sp³-hybridized carbons (Fsp3) is 0.167. The minimum Gasteiger partial charge on any atom is -0.300 e. The molecule has 1 heterocycles. The largest absolute Gasteiger partial charge is 0.300 e. The van der Waals surface area contributed by atoms with Crippen LogP contribution in [0.25, 0.3) is 0 Å². The van der Waals surface area contributed by atoms with Crippen molar-refractivity contribution >= 4 is 17.4 Å². The summed E-state index contributed by atoms with van der Waals surface area (Å²) in [6.45, 7) is 0. The van der Waals surface area contributed by atoms with Crippen molar-refractivity contribution in [1.82, 2.24) is 0 Å². The molecule has 0 spiro atoms. The average Bonchev–Trinajstić information content (AvgIpc) is 3.07. The van der Waals surface area contributed by atoms with E-state index in [2.05, 4.69) is 12.1 Å². The fourth-order valence-electron chi connectivity index (χ4n) is 4.59. The third kappa shape index (κ3) is 2.42. The van der Waals surface area contributed by atoms with Crippen LogP contribution in [0.1, 0.15) is 56.6 Å². The van der Waals surface area contributed by atoms with Crippen LogP contribution in [0.4, 0.5) is 5.69 Å². The van der Waals surface area contributed by atoms with E-state index in [0.29, 0.717) is 12.0 Å². The Morgan fingerprint density at radius 2 is 1.56 bits per heavy atom. The lowest BCUT2D eigenvalue weighted by Crippen LogP contribution is -2.33. The molecule has 3 aromatic carbocycles. The van der Waals surface area contributed by atoms with Crippen molar-refractivity contribution < 1.29 is 9.59 Å². The topological polar surface area (TPSA) is 37.4 Å². The van der Waals surface area contributed by atoms with Gasteiger partial charge in [0.15, 0.2) is 5.78 Å². The maximum Gasteiger partial charge on any atom is 0.258 e. The molecule has 0 saturated carbocycles. The summed E-state index contributed by atoms with van der Waals surface area (Å²) in [6.07, 6.45) is 1.32. The molecule has 1 aliphatic heterocycles. The number of rotatable bonds is 2. The number of benzene rings is 3. The summed E-state index contributed by atoms with van der Waals surface area (Å²) in [5.74, 6) is 0.326. The molecule has 2 aliphatic rings. The predicted molar refractivity (Wildman–Crippen MR) is 105 cm³/mol. The third-order valence-electron chi connectivity index (χ3n) is 5.74. The molecule has 0 fully saturated rings. The normalized spacial score (nSPS) is 20.4. The Morgan fingerprint density at radius 3 is 2.30 bits per heavy atom.